The smallest absolute Gasteiger partial charge is 0.0294 e. The Hall–Kier alpha value is -1.54. The van der Waals surface area contributed by atoms with Crippen LogP contribution in [0.1, 0.15) is 36.6 Å². The summed E-state index contributed by atoms with van der Waals surface area (Å²) in [5.74, 6) is 0. The maximum absolute atomic E-state index is 3.56. The van der Waals surface area contributed by atoms with E-state index in [1.54, 1.807) is 0 Å². The van der Waals surface area contributed by atoms with Crippen LogP contribution in [0.15, 0.2) is 42.7 Å². The van der Waals surface area contributed by atoms with Gasteiger partial charge in [0.2, 0.25) is 0 Å². The van der Waals surface area contributed by atoms with Crippen molar-refractivity contribution in [3.8, 4) is 0 Å². The second-order valence-electron chi connectivity index (χ2n) is 4.86. The first kappa shape index (κ1) is 12.9. The second-order valence-corrected chi connectivity index (χ2v) is 4.86. The molecule has 0 saturated carbocycles. The van der Waals surface area contributed by atoms with Crippen molar-refractivity contribution < 1.29 is 0 Å². The van der Waals surface area contributed by atoms with E-state index >= 15 is 0 Å². The van der Waals surface area contributed by atoms with Gasteiger partial charge in [-0.05, 0) is 38.0 Å². The Kier molecular flexibility index (Phi) is 4.21. The monoisotopic (exact) mass is 242 g/mol. The lowest BCUT2D eigenvalue weighted by Gasteiger charge is -2.14. The zero-order valence-electron chi connectivity index (χ0n) is 11.5. The SMILES string of the molecule is CCn1ccc(CNC(C)c2ccc(C)cc2)c1. The quantitative estimate of drug-likeness (QED) is 0.846. The molecule has 1 heterocycles. The van der Waals surface area contributed by atoms with Gasteiger partial charge in [0, 0.05) is 31.5 Å². The first-order valence-corrected chi connectivity index (χ1v) is 6.63. The molecule has 0 radical (unpaired) electrons. The van der Waals surface area contributed by atoms with Crippen LogP contribution >= 0.6 is 0 Å². The van der Waals surface area contributed by atoms with Gasteiger partial charge < -0.3 is 9.88 Å². The van der Waals surface area contributed by atoms with Crippen molar-refractivity contribution in [1.82, 2.24) is 9.88 Å². The predicted molar refractivity (Wildman–Crippen MR) is 76.5 cm³/mol. The summed E-state index contributed by atoms with van der Waals surface area (Å²) >= 11 is 0. The Bertz CT molecular complexity index is 482. The Morgan fingerprint density at radius 2 is 1.89 bits per heavy atom. The minimum atomic E-state index is 0.385. The lowest BCUT2D eigenvalue weighted by atomic mass is 10.1. The number of nitrogens with one attached hydrogen (secondary N) is 1. The number of benzene rings is 1. The van der Waals surface area contributed by atoms with E-state index in [0.717, 1.165) is 13.1 Å². The van der Waals surface area contributed by atoms with Gasteiger partial charge >= 0.3 is 0 Å². The number of rotatable bonds is 5. The molecule has 2 heteroatoms. The number of nitrogens with zero attached hydrogens (tertiary/aromatic N) is 1. The largest absolute Gasteiger partial charge is 0.354 e. The highest BCUT2D eigenvalue weighted by molar-refractivity contribution is 5.23. The molecule has 0 saturated heterocycles. The lowest BCUT2D eigenvalue weighted by Crippen LogP contribution is -2.17. The van der Waals surface area contributed by atoms with Gasteiger partial charge in [0.05, 0.1) is 0 Å². The molecule has 2 rings (SSSR count). The zero-order valence-corrected chi connectivity index (χ0v) is 11.5. The summed E-state index contributed by atoms with van der Waals surface area (Å²) < 4.78 is 2.20. The topological polar surface area (TPSA) is 17.0 Å². The molecular weight excluding hydrogens is 220 g/mol. The fourth-order valence-corrected chi connectivity index (χ4v) is 2.04. The molecule has 0 bridgehead atoms. The Balaban J connectivity index is 1.91. The van der Waals surface area contributed by atoms with E-state index in [2.05, 4.69) is 73.4 Å². The van der Waals surface area contributed by atoms with Crippen LogP contribution in [0.5, 0.6) is 0 Å². The van der Waals surface area contributed by atoms with Crippen molar-refractivity contribution in [2.45, 2.75) is 39.9 Å². The minimum Gasteiger partial charge on any atom is -0.354 e. The molecule has 0 fully saturated rings. The highest BCUT2D eigenvalue weighted by Crippen LogP contribution is 2.14. The van der Waals surface area contributed by atoms with Crippen molar-refractivity contribution in [1.29, 1.82) is 0 Å². The van der Waals surface area contributed by atoms with Gasteiger partial charge in [0.25, 0.3) is 0 Å². The maximum Gasteiger partial charge on any atom is 0.0294 e. The van der Waals surface area contributed by atoms with Crippen molar-refractivity contribution in [3.63, 3.8) is 0 Å². The summed E-state index contributed by atoms with van der Waals surface area (Å²) in [6.07, 6.45) is 4.34. The van der Waals surface area contributed by atoms with E-state index in [4.69, 9.17) is 0 Å². The molecule has 2 nitrogen and oxygen atoms in total. The molecule has 0 spiro atoms. The van der Waals surface area contributed by atoms with Crippen LogP contribution in [0.2, 0.25) is 0 Å². The molecule has 2 aromatic rings. The predicted octanol–water partition coefficient (Wildman–Crippen LogP) is 3.67. The molecule has 0 aliphatic heterocycles. The van der Waals surface area contributed by atoms with E-state index in [1.807, 2.05) is 0 Å². The summed E-state index contributed by atoms with van der Waals surface area (Å²) in [5, 5.41) is 3.56. The van der Waals surface area contributed by atoms with Crippen LogP contribution in [0.4, 0.5) is 0 Å². The first-order chi connectivity index (χ1) is 8.69. The van der Waals surface area contributed by atoms with Gasteiger partial charge in [-0.2, -0.15) is 0 Å². The maximum atomic E-state index is 3.56. The fraction of sp³-hybridized carbons (Fsp3) is 0.375. The molecule has 1 unspecified atom stereocenters. The van der Waals surface area contributed by atoms with E-state index < -0.39 is 0 Å². The third-order valence-corrected chi connectivity index (χ3v) is 3.37. The summed E-state index contributed by atoms with van der Waals surface area (Å²) in [5.41, 5.74) is 4.00. The average Bonchev–Trinajstić information content (AvgIpc) is 2.85. The first-order valence-electron chi connectivity index (χ1n) is 6.63. The molecule has 1 aromatic heterocycles. The van der Waals surface area contributed by atoms with Gasteiger partial charge in [-0.3, -0.25) is 0 Å². The molecule has 0 aliphatic carbocycles. The highest BCUT2D eigenvalue weighted by Gasteiger charge is 2.04. The van der Waals surface area contributed by atoms with Crippen LogP contribution in [0.25, 0.3) is 0 Å². The van der Waals surface area contributed by atoms with Crippen LogP contribution in [0, 0.1) is 6.92 Å². The van der Waals surface area contributed by atoms with Gasteiger partial charge in [-0.15, -0.1) is 0 Å². The third-order valence-electron chi connectivity index (χ3n) is 3.37. The summed E-state index contributed by atoms with van der Waals surface area (Å²) in [4.78, 5) is 0. The van der Waals surface area contributed by atoms with Crippen LogP contribution < -0.4 is 5.32 Å². The normalized spacial score (nSPS) is 12.6. The zero-order chi connectivity index (χ0) is 13.0. The second kappa shape index (κ2) is 5.87. The van der Waals surface area contributed by atoms with Crippen LogP contribution in [-0.4, -0.2) is 4.57 Å². The van der Waals surface area contributed by atoms with Crippen LogP contribution in [0.3, 0.4) is 0 Å². The van der Waals surface area contributed by atoms with E-state index in [-0.39, 0.29) is 0 Å². The third kappa shape index (κ3) is 3.23. The molecule has 1 atom stereocenters. The van der Waals surface area contributed by atoms with E-state index in [1.165, 1.54) is 16.7 Å². The molecule has 0 aliphatic rings. The van der Waals surface area contributed by atoms with E-state index in [9.17, 15) is 0 Å². The Labute approximate surface area is 110 Å². The number of hydrogen-bond donors (Lipinski definition) is 1. The Morgan fingerprint density at radius 3 is 2.50 bits per heavy atom. The average molecular weight is 242 g/mol. The molecule has 1 N–H and O–H groups in total. The van der Waals surface area contributed by atoms with Crippen molar-refractivity contribution in [2.75, 3.05) is 0 Å². The van der Waals surface area contributed by atoms with Gasteiger partial charge in [0.1, 0.15) is 0 Å². The lowest BCUT2D eigenvalue weighted by molar-refractivity contribution is 0.574. The number of hydrogen-bond acceptors (Lipinski definition) is 1. The fourth-order valence-electron chi connectivity index (χ4n) is 2.04. The van der Waals surface area contributed by atoms with Crippen molar-refractivity contribution in [3.05, 3.63) is 59.4 Å². The standard InChI is InChI=1S/C16H22N2/c1-4-18-10-9-15(12-18)11-17-14(3)16-7-5-13(2)6-8-16/h5-10,12,14,17H,4,11H2,1-3H3. The van der Waals surface area contributed by atoms with E-state index in [0.29, 0.717) is 6.04 Å². The summed E-state index contributed by atoms with van der Waals surface area (Å²) in [6.45, 7) is 8.44. The van der Waals surface area contributed by atoms with Crippen LogP contribution in [-0.2, 0) is 13.1 Å². The molecular formula is C16H22N2. The summed E-state index contributed by atoms with van der Waals surface area (Å²) in [7, 11) is 0. The van der Waals surface area contributed by atoms with Crippen molar-refractivity contribution >= 4 is 0 Å². The minimum absolute atomic E-state index is 0.385. The molecule has 96 valence electrons. The molecule has 0 amide bonds. The molecule has 1 aromatic carbocycles. The molecule has 18 heavy (non-hydrogen) atoms. The number of aryl methyl sites for hydroxylation is 2. The van der Waals surface area contributed by atoms with Gasteiger partial charge in [-0.1, -0.05) is 29.8 Å². The van der Waals surface area contributed by atoms with Gasteiger partial charge in [0.15, 0.2) is 0 Å². The highest BCUT2D eigenvalue weighted by atomic mass is 14.9. The van der Waals surface area contributed by atoms with Gasteiger partial charge in [-0.25, -0.2) is 0 Å². The number of aromatic nitrogens is 1. The Morgan fingerprint density at radius 1 is 1.17 bits per heavy atom. The summed E-state index contributed by atoms with van der Waals surface area (Å²) in [6, 6.07) is 11.3. The van der Waals surface area contributed by atoms with Crippen molar-refractivity contribution in [2.24, 2.45) is 0 Å².